The van der Waals surface area contributed by atoms with Crippen molar-refractivity contribution in [3.8, 4) is 23.0 Å². The highest BCUT2D eigenvalue weighted by atomic mass is 16.7. The minimum Gasteiger partial charge on any atom is -0.490 e. The normalized spacial score (nSPS) is 11.6. The molecule has 0 unspecified atom stereocenters. The van der Waals surface area contributed by atoms with E-state index < -0.39 is 11.9 Å². The molecule has 1 heterocycles. The fraction of sp³-hybridized carbons (Fsp3) is 0.333. The maximum Gasteiger partial charge on any atom is 0.306 e. The highest BCUT2D eigenvalue weighted by molar-refractivity contribution is 5.93. The van der Waals surface area contributed by atoms with Crippen LogP contribution in [0.1, 0.15) is 19.8 Å². The summed E-state index contributed by atoms with van der Waals surface area (Å²) < 4.78 is 26.6. The number of anilines is 1. The number of ether oxygens (including phenoxy) is 5. The third-order valence-electron chi connectivity index (χ3n) is 3.95. The third-order valence-corrected chi connectivity index (χ3v) is 3.95. The average Bonchev–Trinajstić information content (AvgIpc) is 3.19. The van der Waals surface area contributed by atoms with Gasteiger partial charge in [0.25, 0.3) is 5.91 Å². The van der Waals surface area contributed by atoms with Crippen LogP contribution in [0.5, 0.6) is 23.0 Å². The van der Waals surface area contributed by atoms with Crippen molar-refractivity contribution >= 4 is 17.6 Å². The average molecular weight is 401 g/mol. The molecule has 1 N–H and O–H groups in total. The van der Waals surface area contributed by atoms with Crippen molar-refractivity contribution in [2.45, 2.75) is 19.8 Å². The number of rotatable bonds is 10. The number of benzene rings is 2. The molecule has 1 aliphatic rings. The molecule has 154 valence electrons. The zero-order valence-corrected chi connectivity index (χ0v) is 16.1. The highest BCUT2D eigenvalue weighted by Gasteiger charge is 2.15. The van der Waals surface area contributed by atoms with E-state index in [1.165, 1.54) is 0 Å². The molecule has 0 saturated carbocycles. The Morgan fingerprint density at radius 1 is 1.03 bits per heavy atom. The number of carbonyl (C=O) groups excluding carboxylic acids is 2. The van der Waals surface area contributed by atoms with Crippen molar-refractivity contribution in [1.29, 1.82) is 0 Å². The zero-order valence-electron chi connectivity index (χ0n) is 16.1. The van der Waals surface area contributed by atoms with Crippen LogP contribution in [0, 0.1) is 0 Å². The summed E-state index contributed by atoms with van der Waals surface area (Å²) in [5.74, 6) is 1.58. The molecule has 0 saturated heterocycles. The molecule has 0 aliphatic carbocycles. The smallest absolute Gasteiger partial charge is 0.306 e. The Morgan fingerprint density at radius 3 is 2.59 bits per heavy atom. The van der Waals surface area contributed by atoms with Gasteiger partial charge in [-0.1, -0.05) is 12.1 Å². The quantitative estimate of drug-likeness (QED) is 0.483. The number of hydrogen-bond acceptors (Lipinski definition) is 7. The van der Waals surface area contributed by atoms with E-state index in [0.717, 1.165) is 0 Å². The number of amides is 1. The molecule has 3 rings (SSSR count). The predicted octanol–water partition coefficient (Wildman–Crippen LogP) is 3.15. The summed E-state index contributed by atoms with van der Waals surface area (Å²) in [5, 5.41) is 2.64. The Balaban J connectivity index is 1.33. The van der Waals surface area contributed by atoms with Crippen molar-refractivity contribution in [3.63, 3.8) is 0 Å². The standard InChI is InChI=1S/C21H23NO7/c1-2-25-16-6-3-4-7-17(16)26-11-5-8-21(24)27-13-20(23)22-15-9-10-18-19(12-15)29-14-28-18/h3-4,6-7,9-10,12H,2,5,8,11,13-14H2,1H3,(H,22,23). The summed E-state index contributed by atoms with van der Waals surface area (Å²) in [4.78, 5) is 23.7. The van der Waals surface area contributed by atoms with Crippen LogP contribution in [0.4, 0.5) is 5.69 Å². The van der Waals surface area contributed by atoms with Gasteiger partial charge in [-0.25, -0.2) is 0 Å². The minimum atomic E-state index is -0.465. The van der Waals surface area contributed by atoms with Crippen molar-refractivity contribution in [2.75, 3.05) is 31.9 Å². The van der Waals surface area contributed by atoms with E-state index in [-0.39, 0.29) is 19.8 Å². The molecule has 8 heteroatoms. The Hall–Kier alpha value is -3.42. The van der Waals surface area contributed by atoms with Crippen molar-refractivity contribution < 1.29 is 33.3 Å². The summed E-state index contributed by atoms with van der Waals surface area (Å²) in [6, 6.07) is 12.4. The Kier molecular flexibility index (Phi) is 7.16. The molecule has 1 aliphatic heterocycles. The number of fused-ring (bicyclic) bond motifs is 1. The number of carbonyl (C=O) groups is 2. The lowest BCUT2D eigenvalue weighted by molar-refractivity contribution is -0.147. The molecule has 0 fully saturated rings. The lowest BCUT2D eigenvalue weighted by Crippen LogP contribution is -2.21. The summed E-state index contributed by atoms with van der Waals surface area (Å²) in [5.41, 5.74) is 0.539. The predicted molar refractivity (Wildman–Crippen MR) is 104 cm³/mol. The third kappa shape index (κ3) is 6.03. The van der Waals surface area contributed by atoms with E-state index in [4.69, 9.17) is 23.7 Å². The van der Waals surface area contributed by atoms with Gasteiger partial charge in [0.1, 0.15) is 0 Å². The topological polar surface area (TPSA) is 92.3 Å². The van der Waals surface area contributed by atoms with Gasteiger partial charge in [0, 0.05) is 18.2 Å². The molecule has 8 nitrogen and oxygen atoms in total. The van der Waals surface area contributed by atoms with Gasteiger partial charge in [-0.05, 0) is 37.6 Å². The molecular weight excluding hydrogens is 378 g/mol. The molecule has 2 aromatic rings. The van der Waals surface area contributed by atoms with Crippen LogP contribution in [-0.2, 0) is 14.3 Å². The van der Waals surface area contributed by atoms with Gasteiger partial charge in [0.05, 0.1) is 13.2 Å². The molecular formula is C21H23NO7. The maximum atomic E-state index is 11.9. The second-order valence-electron chi connectivity index (χ2n) is 6.11. The maximum absolute atomic E-state index is 11.9. The van der Waals surface area contributed by atoms with E-state index in [9.17, 15) is 9.59 Å². The van der Waals surface area contributed by atoms with E-state index in [2.05, 4.69) is 5.32 Å². The van der Waals surface area contributed by atoms with Crippen molar-refractivity contribution in [2.24, 2.45) is 0 Å². The zero-order chi connectivity index (χ0) is 20.5. The van der Waals surface area contributed by atoms with Crippen LogP contribution in [-0.4, -0.2) is 38.5 Å². The van der Waals surface area contributed by atoms with Gasteiger partial charge in [-0.2, -0.15) is 0 Å². The van der Waals surface area contributed by atoms with Gasteiger partial charge in [0.15, 0.2) is 29.6 Å². The van der Waals surface area contributed by atoms with E-state index in [1.807, 2.05) is 31.2 Å². The summed E-state index contributed by atoms with van der Waals surface area (Å²) >= 11 is 0. The SMILES string of the molecule is CCOc1ccccc1OCCCC(=O)OCC(=O)Nc1ccc2c(c1)OCO2. The van der Waals surface area contributed by atoms with Crippen molar-refractivity contribution in [1.82, 2.24) is 0 Å². The van der Waals surface area contributed by atoms with E-state index in [1.54, 1.807) is 18.2 Å². The van der Waals surface area contributed by atoms with Crippen LogP contribution in [0.15, 0.2) is 42.5 Å². The summed E-state index contributed by atoms with van der Waals surface area (Å²) in [7, 11) is 0. The van der Waals surface area contributed by atoms with Gasteiger partial charge < -0.3 is 29.0 Å². The first-order valence-electron chi connectivity index (χ1n) is 9.35. The van der Waals surface area contributed by atoms with Crippen LogP contribution >= 0.6 is 0 Å². The van der Waals surface area contributed by atoms with Gasteiger partial charge in [-0.15, -0.1) is 0 Å². The summed E-state index contributed by atoms with van der Waals surface area (Å²) in [6.45, 7) is 2.58. The van der Waals surface area contributed by atoms with Crippen molar-refractivity contribution in [3.05, 3.63) is 42.5 Å². The first kappa shape index (κ1) is 20.3. The monoisotopic (exact) mass is 401 g/mol. The lowest BCUT2D eigenvalue weighted by Gasteiger charge is -2.11. The van der Waals surface area contributed by atoms with Crippen LogP contribution in [0.3, 0.4) is 0 Å². The first-order chi connectivity index (χ1) is 14.2. The molecule has 0 spiro atoms. The number of para-hydroxylation sites is 2. The second-order valence-corrected chi connectivity index (χ2v) is 6.11. The van der Waals surface area contributed by atoms with Gasteiger partial charge in [-0.3, -0.25) is 9.59 Å². The highest BCUT2D eigenvalue weighted by Crippen LogP contribution is 2.34. The fourth-order valence-electron chi connectivity index (χ4n) is 2.63. The number of nitrogens with one attached hydrogen (secondary N) is 1. The summed E-state index contributed by atoms with van der Waals surface area (Å²) in [6.07, 6.45) is 0.608. The Labute approximate surface area is 168 Å². The fourth-order valence-corrected chi connectivity index (χ4v) is 2.63. The van der Waals surface area contributed by atoms with Crippen LogP contribution in [0.2, 0.25) is 0 Å². The first-order valence-corrected chi connectivity index (χ1v) is 9.35. The van der Waals surface area contributed by atoms with E-state index >= 15 is 0 Å². The Morgan fingerprint density at radius 2 is 1.79 bits per heavy atom. The molecule has 29 heavy (non-hydrogen) atoms. The number of hydrogen-bond donors (Lipinski definition) is 1. The largest absolute Gasteiger partial charge is 0.490 e. The minimum absolute atomic E-state index is 0.147. The molecule has 0 bridgehead atoms. The molecule has 2 aromatic carbocycles. The number of esters is 1. The molecule has 0 radical (unpaired) electrons. The lowest BCUT2D eigenvalue weighted by atomic mass is 10.3. The second kappa shape index (κ2) is 10.2. The molecule has 0 atom stereocenters. The van der Waals surface area contributed by atoms with Gasteiger partial charge >= 0.3 is 5.97 Å². The van der Waals surface area contributed by atoms with Gasteiger partial charge in [0.2, 0.25) is 6.79 Å². The Bertz CT molecular complexity index is 853. The van der Waals surface area contributed by atoms with Crippen LogP contribution < -0.4 is 24.3 Å². The molecule has 1 amide bonds. The van der Waals surface area contributed by atoms with E-state index in [0.29, 0.717) is 48.3 Å². The molecule has 0 aromatic heterocycles. The van der Waals surface area contributed by atoms with Crippen LogP contribution in [0.25, 0.3) is 0 Å².